The number of amidine groups is 1. The number of nitrogens with zero attached hydrogens (tertiary/aromatic N) is 4. The minimum Gasteiger partial charge on any atom is -0.330 e. The van der Waals surface area contributed by atoms with Gasteiger partial charge in [0.25, 0.3) is 0 Å². The number of carbonyl (C=O) groups is 3. The molecule has 3 aromatic carbocycles. The van der Waals surface area contributed by atoms with Gasteiger partial charge in [-0.25, -0.2) is 4.99 Å². The summed E-state index contributed by atoms with van der Waals surface area (Å²) in [5.41, 5.74) is 11.2. The number of nitrogens with two attached hydrogens (primary N) is 1. The maximum Gasteiger partial charge on any atom is 0.228 e. The third-order valence-corrected chi connectivity index (χ3v) is 10.1. The largest absolute Gasteiger partial charge is 0.330 e. The molecule has 1 fully saturated rings. The number of Topliss-reactive ketones (excluding diaryl/α,β-unsaturated/α-hetero) is 2. The molecule has 3 N–H and O–H groups in total. The molecule has 1 saturated carbocycles. The molecule has 49 heavy (non-hydrogen) atoms. The molecular formula is C40H50N6O3. The van der Waals surface area contributed by atoms with E-state index >= 15 is 0 Å². The fourth-order valence-electron chi connectivity index (χ4n) is 6.83. The van der Waals surface area contributed by atoms with Crippen LogP contribution in [0.5, 0.6) is 0 Å². The van der Waals surface area contributed by atoms with Crippen LogP contribution in [0.1, 0.15) is 80.3 Å². The third kappa shape index (κ3) is 10.1. The predicted molar refractivity (Wildman–Crippen MR) is 196 cm³/mol. The van der Waals surface area contributed by atoms with E-state index in [1.54, 1.807) is 0 Å². The Morgan fingerprint density at radius 1 is 0.857 bits per heavy atom. The molecule has 1 aliphatic heterocycles. The number of benzene rings is 3. The quantitative estimate of drug-likeness (QED) is 0.146. The molecule has 0 saturated heterocycles. The number of nitrogens with one attached hydrogen (secondary N) is 1. The van der Waals surface area contributed by atoms with Crippen LogP contribution < -0.4 is 11.1 Å². The summed E-state index contributed by atoms with van der Waals surface area (Å²) < 4.78 is 0. The Morgan fingerprint density at radius 3 is 2.08 bits per heavy atom. The number of carbonyl (C=O) groups excluding carboxylic acids is 3. The van der Waals surface area contributed by atoms with Gasteiger partial charge in [0.05, 0.1) is 0 Å². The van der Waals surface area contributed by atoms with E-state index in [4.69, 9.17) is 5.73 Å². The van der Waals surface area contributed by atoms with Gasteiger partial charge in [0, 0.05) is 41.5 Å². The monoisotopic (exact) mass is 662 g/mol. The van der Waals surface area contributed by atoms with Crippen LogP contribution in [-0.2, 0) is 16.0 Å². The molecule has 5 rings (SSSR count). The van der Waals surface area contributed by atoms with Crippen LogP contribution in [0.4, 0.5) is 5.69 Å². The van der Waals surface area contributed by atoms with Gasteiger partial charge in [0.2, 0.25) is 5.91 Å². The van der Waals surface area contributed by atoms with Crippen molar-refractivity contribution >= 4 is 29.0 Å². The summed E-state index contributed by atoms with van der Waals surface area (Å²) in [5, 5.41) is 11.0. The van der Waals surface area contributed by atoms with Crippen molar-refractivity contribution < 1.29 is 14.4 Å². The van der Waals surface area contributed by atoms with E-state index in [0.717, 1.165) is 79.6 Å². The first-order valence-electron chi connectivity index (χ1n) is 17.9. The second kappa shape index (κ2) is 17.9. The standard InChI is InChI=1S/C40H50N6O3/c1-3-46(4-2)23-5-6-37(47)32-17-15-31(16-18-32)30-11-7-28(8-12-30)24-35(25-38(48)33-13-9-29(26-41)10-14-33)40(49)44-36-21-19-34(20-22-36)39-42-27-43-45-39/h7-8,11-12,15-22,29,33,35H,3-6,9-10,13-14,23-27,41H2,1-2H3,(H,44,49)/t29?,33?,35-/m1/s1. The first-order chi connectivity index (χ1) is 23.9. The summed E-state index contributed by atoms with van der Waals surface area (Å²) in [5.74, 6) is 0.709. The minimum absolute atomic E-state index is 0.0154. The molecule has 1 aliphatic carbocycles. The van der Waals surface area contributed by atoms with Gasteiger partial charge >= 0.3 is 0 Å². The average molecular weight is 663 g/mol. The highest BCUT2D eigenvalue weighted by atomic mass is 16.2. The van der Waals surface area contributed by atoms with Crippen LogP contribution in [0.25, 0.3) is 11.1 Å². The van der Waals surface area contributed by atoms with Crippen LogP contribution in [-0.4, -0.2) is 61.1 Å². The molecule has 0 spiro atoms. The maximum atomic E-state index is 13.7. The van der Waals surface area contributed by atoms with Gasteiger partial charge in [0.15, 0.2) is 18.3 Å². The molecule has 2 aliphatic rings. The van der Waals surface area contributed by atoms with E-state index < -0.39 is 5.92 Å². The summed E-state index contributed by atoms with van der Waals surface area (Å²) >= 11 is 0. The number of anilines is 1. The molecule has 9 heteroatoms. The normalized spacial score (nSPS) is 17.9. The second-order valence-electron chi connectivity index (χ2n) is 13.3. The number of rotatable bonds is 17. The van der Waals surface area contributed by atoms with E-state index in [0.29, 0.717) is 43.5 Å². The zero-order chi connectivity index (χ0) is 34.6. The van der Waals surface area contributed by atoms with Gasteiger partial charge in [-0.15, -0.1) is 5.11 Å². The third-order valence-electron chi connectivity index (χ3n) is 10.1. The average Bonchev–Trinajstić information content (AvgIpc) is 3.69. The number of hydrogen-bond donors (Lipinski definition) is 2. The Morgan fingerprint density at radius 2 is 1.49 bits per heavy atom. The Labute approximate surface area is 290 Å². The van der Waals surface area contributed by atoms with Crippen molar-refractivity contribution in [2.75, 3.05) is 38.2 Å². The highest BCUT2D eigenvalue weighted by molar-refractivity contribution is 6.01. The maximum absolute atomic E-state index is 13.7. The van der Waals surface area contributed by atoms with E-state index in [1.807, 2.05) is 72.8 Å². The SMILES string of the molecule is CCN(CC)CCCC(=O)c1ccc(-c2ccc(C[C@H](CC(=O)C3CCC(CN)CC3)C(=O)Nc3ccc(C4=NCN=N4)cc3)cc2)cc1. The summed E-state index contributed by atoms with van der Waals surface area (Å²) in [7, 11) is 0. The Hall–Kier alpha value is -4.34. The molecule has 258 valence electrons. The van der Waals surface area contributed by atoms with Crippen molar-refractivity contribution in [1.82, 2.24) is 4.90 Å². The molecule has 3 aromatic rings. The molecule has 9 nitrogen and oxygen atoms in total. The van der Waals surface area contributed by atoms with Gasteiger partial charge in [-0.1, -0.05) is 62.4 Å². The van der Waals surface area contributed by atoms with Crippen LogP contribution in [0.15, 0.2) is 88.0 Å². The summed E-state index contributed by atoms with van der Waals surface area (Å²) in [4.78, 5) is 46.6. The first-order valence-corrected chi connectivity index (χ1v) is 17.9. The van der Waals surface area contributed by atoms with Gasteiger partial charge in [-0.2, -0.15) is 5.11 Å². The van der Waals surface area contributed by atoms with Crippen molar-refractivity contribution in [3.05, 3.63) is 89.5 Å². The fraction of sp³-hybridized carbons (Fsp3) is 0.450. The summed E-state index contributed by atoms with van der Waals surface area (Å²) in [6.45, 7) is 8.23. The molecule has 0 unspecified atom stereocenters. The van der Waals surface area contributed by atoms with Crippen molar-refractivity contribution in [3.8, 4) is 11.1 Å². The Kier molecular flexibility index (Phi) is 13.1. The van der Waals surface area contributed by atoms with Crippen LogP contribution in [0.2, 0.25) is 0 Å². The van der Waals surface area contributed by atoms with Gasteiger partial charge in [-0.3, -0.25) is 14.4 Å². The number of hydrogen-bond acceptors (Lipinski definition) is 8. The topological polar surface area (TPSA) is 130 Å². The lowest BCUT2D eigenvalue weighted by Crippen LogP contribution is -2.31. The number of ketones is 2. The van der Waals surface area contributed by atoms with E-state index in [2.05, 4.69) is 39.3 Å². The molecule has 1 atom stereocenters. The molecule has 1 heterocycles. The molecule has 0 radical (unpaired) electrons. The second-order valence-corrected chi connectivity index (χ2v) is 13.3. The van der Waals surface area contributed by atoms with Gasteiger partial charge in [0.1, 0.15) is 5.78 Å². The zero-order valence-corrected chi connectivity index (χ0v) is 28.9. The molecule has 0 aromatic heterocycles. The van der Waals surface area contributed by atoms with Crippen LogP contribution >= 0.6 is 0 Å². The lowest BCUT2D eigenvalue weighted by atomic mass is 9.77. The van der Waals surface area contributed by atoms with Crippen molar-refractivity contribution in [2.24, 2.45) is 38.7 Å². The highest BCUT2D eigenvalue weighted by Crippen LogP contribution is 2.31. The zero-order valence-electron chi connectivity index (χ0n) is 28.9. The van der Waals surface area contributed by atoms with E-state index in [-0.39, 0.29) is 29.8 Å². The highest BCUT2D eigenvalue weighted by Gasteiger charge is 2.30. The van der Waals surface area contributed by atoms with Crippen molar-refractivity contribution in [2.45, 2.75) is 65.2 Å². The van der Waals surface area contributed by atoms with Gasteiger partial charge in [-0.05, 0) is 112 Å². The first kappa shape index (κ1) is 36.0. The van der Waals surface area contributed by atoms with E-state index in [1.165, 1.54) is 0 Å². The summed E-state index contributed by atoms with van der Waals surface area (Å²) in [6.07, 6.45) is 5.67. The van der Waals surface area contributed by atoms with Crippen LogP contribution in [0.3, 0.4) is 0 Å². The lowest BCUT2D eigenvalue weighted by molar-refractivity contribution is -0.129. The number of amides is 1. The number of azo groups is 1. The Bertz CT molecular complexity index is 1600. The van der Waals surface area contributed by atoms with Crippen molar-refractivity contribution in [3.63, 3.8) is 0 Å². The van der Waals surface area contributed by atoms with Crippen molar-refractivity contribution in [1.29, 1.82) is 0 Å². The van der Waals surface area contributed by atoms with Gasteiger partial charge < -0.3 is 16.0 Å². The van der Waals surface area contributed by atoms with E-state index in [9.17, 15) is 14.4 Å². The fourth-order valence-corrected chi connectivity index (χ4v) is 6.83. The predicted octanol–water partition coefficient (Wildman–Crippen LogP) is 7.35. The Balaban J connectivity index is 1.23. The molecule has 0 bridgehead atoms. The molecule has 1 amide bonds. The smallest absolute Gasteiger partial charge is 0.228 e. The number of aliphatic imine (C=N–C) groups is 1. The molecular weight excluding hydrogens is 612 g/mol. The minimum atomic E-state index is -0.509. The van der Waals surface area contributed by atoms with Crippen LogP contribution in [0, 0.1) is 17.8 Å². The summed E-state index contributed by atoms with van der Waals surface area (Å²) in [6, 6.07) is 23.4. The lowest BCUT2D eigenvalue weighted by Gasteiger charge is -2.27.